The Hall–Kier alpha value is -0.860. The minimum atomic E-state index is -0.126. The number of carbonyl (C=O) groups excluding carboxylic acids is 1. The Bertz CT molecular complexity index is 464. The molecule has 1 aliphatic carbocycles. The van der Waals surface area contributed by atoms with E-state index in [1.165, 1.54) is 38.5 Å². The van der Waals surface area contributed by atoms with Crippen molar-refractivity contribution < 1.29 is 4.79 Å². The number of nitrogens with one attached hydrogen (secondary N) is 1. The predicted molar refractivity (Wildman–Crippen MR) is 84.6 cm³/mol. The lowest BCUT2D eigenvalue weighted by Gasteiger charge is -2.21. The van der Waals surface area contributed by atoms with E-state index in [0.29, 0.717) is 11.1 Å². The maximum Gasteiger partial charge on any atom is 0.179 e. The summed E-state index contributed by atoms with van der Waals surface area (Å²) in [5.74, 6) is 0.161. The Kier molecular flexibility index (Phi) is 5.62. The van der Waals surface area contributed by atoms with Crippen LogP contribution in [0, 0.1) is 6.92 Å². The van der Waals surface area contributed by atoms with Gasteiger partial charge in [-0.2, -0.15) is 0 Å². The van der Waals surface area contributed by atoms with Crippen molar-refractivity contribution >= 4 is 17.4 Å². The molecule has 3 heteroatoms. The molecule has 0 heterocycles. The molecule has 20 heavy (non-hydrogen) atoms. The van der Waals surface area contributed by atoms with Gasteiger partial charge in [-0.3, -0.25) is 4.79 Å². The molecule has 1 aromatic rings. The van der Waals surface area contributed by atoms with Crippen molar-refractivity contribution in [3.63, 3.8) is 0 Å². The van der Waals surface area contributed by atoms with E-state index in [1.54, 1.807) is 0 Å². The molecule has 1 N–H and O–H groups in total. The summed E-state index contributed by atoms with van der Waals surface area (Å²) in [5, 5.41) is 4.22. The Morgan fingerprint density at radius 3 is 2.50 bits per heavy atom. The van der Waals surface area contributed by atoms with Gasteiger partial charge in [0.15, 0.2) is 5.78 Å². The first-order valence-electron chi connectivity index (χ1n) is 7.64. The van der Waals surface area contributed by atoms with Gasteiger partial charge >= 0.3 is 0 Å². The highest BCUT2D eigenvalue weighted by molar-refractivity contribution is 6.31. The lowest BCUT2D eigenvalue weighted by atomic mass is 10.0. The van der Waals surface area contributed by atoms with Gasteiger partial charge in [0.2, 0.25) is 0 Å². The van der Waals surface area contributed by atoms with E-state index in [1.807, 2.05) is 32.0 Å². The fourth-order valence-corrected chi connectivity index (χ4v) is 3.04. The predicted octanol–water partition coefficient (Wildman–Crippen LogP) is 4.53. The van der Waals surface area contributed by atoms with Crippen molar-refractivity contribution in [3.05, 3.63) is 34.3 Å². The Morgan fingerprint density at radius 2 is 1.90 bits per heavy atom. The van der Waals surface area contributed by atoms with Crippen molar-refractivity contribution in [2.75, 3.05) is 0 Å². The van der Waals surface area contributed by atoms with Crippen LogP contribution in [0.3, 0.4) is 0 Å². The van der Waals surface area contributed by atoms with E-state index in [2.05, 4.69) is 5.32 Å². The van der Waals surface area contributed by atoms with Gasteiger partial charge in [0.05, 0.1) is 6.04 Å². The van der Waals surface area contributed by atoms with Gasteiger partial charge in [0, 0.05) is 16.6 Å². The second-order valence-corrected chi connectivity index (χ2v) is 6.31. The summed E-state index contributed by atoms with van der Waals surface area (Å²) >= 11 is 6.01. The summed E-state index contributed by atoms with van der Waals surface area (Å²) < 4.78 is 0. The lowest BCUT2D eigenvalue weighted by Crippen LogP contribution is -2.41. The molecule has 1 saturated carbocycles. The fourth-order valence-electron chi connectivity index (χ4n) is 2.92. The molecule has 0 saturated heterocycles. The van der Waals surface area contributed by atoms with Crippen LogP contribution in [0.4, 0.5) is 0 Å². The average Bonchev–Trinajstić information content (AvgIpc) is 2.69. The van der Waals surface area contributed by atoms with Crippen LogP contribution in [0.5, 0.6) is 0 Å². The van der Waals surface area contributed by atoms with Crippen LogP contribution in [0.1, 0.15) is 61.4 Å². The van der Waals surface area contributed by atoms with Crippen molar-refractivity contribution in [2.45, 2.75) is 64.5 Å². The third kappa shape index (κ3) is 4.07. The molecule has 110 valence electrons. The largest absolute Gasteiger partial charge is 0.305 e. The molecule has 0 aromatic heterocycles. The van der Waals surface area contributed by atoms with Gasteiger partial charge in [0.25, 0.3) is 0 Å². The van der Waals surface area contributed by atoms with Crippen LogP contribution in [-0.2, 0) is 0 Å². The fraction of sp³-hybridized carbons (Fsp3) is 0.588. The molecule has 1 aliphatic rings. The van der Waals surface area contributed by atoms with Gasteiger partial charge in [-0.15, -0.1) is 0 Å². The molecule has 1 unspecified atom stereocenters. The third-order valence-electron chi connectivity index (χ3n) is 4.18. The van der Waals surface area contributed by atoms with Crippen molar-refractivity contribution in [1.82, 2.24) is 5.32 Å². The van der Waals surface area contributed by atoms with Crippen LogP contribution < -0.4 is 5.32 Å². The number of halogens is 1. The van der Waals surface area contributed by atoms with E-state index < -0.39 is 0 Å². The normalized spacial score (nSPS) is 18.6. The van der Waals surface area contributed by atoms with E-state index in [0.717, 1.165) is 11.1 Å². The highest BCUT2D eigenvalue weighted by Crippen LogP contribution is 2.20. The first-order chi connectivity index (χ1) is 9.58. The summed E-state index contributed by atoms with van der Waals surface area (Å²) in [6.07, 6.45) is 7.60. The molecule has 0 radical (unpaired) electrons. The summed E-state index contributed by atoms with van der Waals surface area (Å²) in [7, 11) is 0. The molecule has 0 amide bonds. The van der Waals surface area contributed by atoms with Crippen LogP contribution >= 0.6 is 11.6 Å². The molecule has 0 spiro atoms. The zero-order valence-corrected chi connectivity index (χ0v) is 13.2. The van der Waals surface area contributed by atoms with Gasteiger partial charge in [-0.05, 0) is 50.5 Å². The molecule has 0 bridgehead atoms. The maximum absolute atomic E-state index is 12.5. The lowest BCUT2D eigenvalue weighted by molar-refractivity contribution is 0.0942. The molecule has 1 atom stereocenters. The second-order valence-electron chi connectivity index (χ2n) is 5.91. The standard InChI is InChI=1S/C17H24ClNO/c1-12-11-14(9-10-16(12)18)17(20)13(2)19-15-7-5-3-4-6-8-15/h9-11,13,15,19H,3-8H2,1-2H3. The number of Topliss-reactive ketones (excluding diaryl/α,β-unsaturated/α-hetero) is 1. The van der Waals surface area contributed by atoms with Crippen LogP contribution in [-0.4, -0.2) is 17.9 Å². The Labute approximate surface area is 126 Å². The van der Waals surface area contributed by atoms with Gasteiger partial charge < -0.3 is 5.32 Å². The number of ketones is 1. The number of rotatable bonds is 4. The van der Waals surface area contributed by atoms with Gasteiger partial charge in [-0.25, -0.2) is 0 Å². The van der Waals surface area contributed by atoms with Crippen LogP contribution in [0.25, 0.3) is 0 Å². The summed E-state index contributed by atoms with van der Waals surface area (Å²) in [6, 6.07) is 5.88. The molecular formula is C17H24ClNO. The summed E-state index contributed by atoms with van der Waals surface area (Å²) in [4.78, 5) is 12.5. The second kappa shape index (κ2) is 7.24. The number of aryl methyl sites for hydroxylation is 1. The highest BCUT2D eigenvalue weighted by atomic mass is 35.5. The van der Waals surface area contributed by atoms with Crippen molar-refractivity contribution in [2.24, 2.45) is 0 Å². The first-order valence-corrected chi connectivity index (χ1v) is 8.02. The molecule has 0 aliphatic heterocycles. The summed E-state index contributed by atoms with van der Waals surface area (Å²) in [6.45, 7) is 3.90. The molecule has 1 aromatic carbocycles. The minimum Gasteiger partial charge on any atom is -0.305 e. The topological polar surface area (TPSA) is 29.1 Å². The van der Waals surface area contributed by atoms with Gasteiger partial charge in [-0.1, -0.05) is 37.3 Å². The molecule has 2 rings (SSSR count). The minimum absolute atomic E-state index is 0.126. The van der Waals surface area contributed by atoms with Gasteiger partial charge in [0.1, 0.15) is 0 Å². The first kappa shape index (κ1) is 15.5. The quantitative estimate of drug-likeness (QED) is 0.652. The summed E-state index contributed by atoms with van der Waals surface area (Å²) in [5.41, 5.74) is 1.71. The number of hydrogen-bond acceptors (Lipinski definition) is 2. The number of carbonyl (C=O) groups is 1. The van der Waals surface area contributed by atoms with Crippen LogP contribution in [0.15, 0.2) is 18.2 Å². The smallest absolute Gasteiger partial charge is 0.179 e. The number of benzene rings is 1. The average molecular weight is 294 g/mol. The zero-order chi connectivity index (χ0) is 14.5. The monoisotopic (exact) mass is 293 g/mol. The number of hydrogen-bond donors (Lipinski definition) is 1. The molecule has 2 nitrogen and oxygen atoms in total. The molecular weight excluding hydrogens is 270 g/mol. The maximum atomic E-state index is 12.5. The third-order valence-corrected chi connectivity index (χ3v) is 4.60. The van der Waals surface area contributed by atoms with E-state index in [-0.39, 0.29) is 11.8 Å². The SMILES string of the molecule is Cc1cc(C(=O)C(C)NC2CCCCCC2)ccc1Cl. The van der Waals surface area contributed by atoms with E-state index in [9.17, 15) is 4.79 Å². The Balaban J connectivity index is 1.98. The Morgan fingerprint density at radius 1 is 1.25 bits per heavy atom. The van der Waals surface area contributed by atoms with E-state index >= 15 is 0 Å². The van der Waals surface area contributed by atoms with E-state index in [4.69, 9.17) is 11.6 Å². The molecule has 1 fully saturated rings. The van der Waals surface area contributed by atoms with Crippen LogP contribution in [0.2, 0.25) is 5.02 Å². The van der Waals surface area contributed by atoms with Crippen molar-refractivity contribution in [3.8, 4) is 0 Å². The highest BCUT2D eigenvalue weighted by Gasteiger charge is 2.20. The van der Waals surface area contributed by atoms with Crippen molar-refractivity contribution in [1.29, 1.82) is 0 Å². The zero-order valence-electron chi connectivity index (χ0n) is 12.4.